The van der Waals surface area contributed by atoms with Gasteiger partial charge in [-0.15, -0.1) is 13.2 Å². The van der Waals surface area contributed by atoms with Crippen LogP contribution in [0.4, 0.5) is 4.79 Å². The van der Waals surface area contributed by atoms with Crippen LogP contribution in [-0.4, -0.2) is 72.6 Å². The fourth-order valence-electron chi connectivity index (χ4n) is 3.92. The second kappa shape index (κ2) is 11.5. The number of aromatic nitrogens is 2. The molecule has 0 saturated carbocycles. The molecule has 0 atom stereocenters. The normalized spacial score (nSPS) is 13.3. The lowest BCUT2D eigenvalue weighted by Crippen LogP contribution is -2.41. The Morgan fingerprint density at radius 2 is 2.09 bits per heavy atom. The summed E-state index contributed by atoms with van der Waals surface area (Å²) in [6, 6.07) is 7.70. The Hall–Kier alpha value is -3.10. The third-order valence-electron chi connectivity index (χ3n) is 5.51. The van der Waals surface area contributed by atoms with Crippen molar-refractivity contribution < 1.29 is 14.3 Å². The summed E-state index contributed by atoms with van der Waals surface area (Å²) in [6.45, 7) is 11.8. The predicted octanol–water partition coefficient (Wildman–Crippen LogP) is 2.77. The molecule has 0 fully saturated rings. The average Bonchev–Trinajstić information content (AvgIpc) is 3.17. The highest BCUT2D eigenvalue weighted by molar-refractivity contribution is 5.74. The van der Waals surface area contributed by atoms with Gasteiger partial charge >= 0.3 is 6.03 Å². The third kappa shape index (κ3) is 5.38. The van der Waals surface area contributed by atoms with Crippen LogP contribution in [0.3, 0.4) is 0 Å². The van der Waals surface area contributed by atoms with Crippen LogP contribution < -0.4 is 10.1 Å². The first-order valence-corrected chi connectivity index (χ1v) is 10.8. The van der Waals surface area contributed by atoms with Crippen molar-refractivity contribution in [2.45, 2.75) is 19.5 Å². The van der Waals surface area contributed by atoms with Gasteiger partial charge in [-0.3, -0.25) is 4.90 Å². The summed E-state index contributed by atoms with van der Waals surface area (Å²) in [4.78, 5) is 16.8. The predicted molar refractivity (Wildman–Crippen MR) is 125 cm³/mol. The lowest BCUT2D eigenvalue weighted by Gasteiger charge is -2.27. The van der Waals surface area contributed by atoms with Gasteiger partial charge in [0.25, 0.3) is 0 Å². The van der Waals surface area contributed by atoms with Crippen molar-refractivity contribution in [1.29, 1.82) is 0 Å². The Morgan fingerprint density at radius 3 is 2.81 bits per heavy atom. The number of benzene rings is 1. The molecule has 2 heterocycles. The molecule has 172 valence electrons. The zero-order valence-electron chi connectivity index (χ0n) is 19.0. The third-order valence-corrected chi connectivity index (χ3v) is 5.51. The molecule has 1 aliphatic rings. The Morgan fingerprint density at radius 1 is 1.28 bits per heavy atom. The second-order valence-corrected chi connectivity index (χ2v) is 7.62. The number of urea groups is 1. The summed E-state index contributed by atoms with van der Waals surface area (Å²) >= 11 is 0. The zero-order chi connectivity index (χ0) is 22.9. The van der Waals surface area contributed by atoms with Crippen molar-refractivity contribution in [3.05, 3.63) is 66.5 Å². The molecule has 0 saturated heterocycles. The van der Waals surface area contributed by atoms with Crippen LogP contribution in [-0.2, 0) is 24.2 Å². The van der Waals surface area contributed by atoms with Crippen LogP contribution in [0.25, 0.3) is 5.69 Å². The topological polar surface area (TPSA) is 71.9 Å². The maximum Gasteiger partial charge on any atom is 0.318 e. The number of methoxy groups -OCH3 is 2. The zero-order valence-corrected chi connectivity index (χ0v) is 19.0. The van der Waals surface area contributed by atoms with E-state index >= 15 is 0 Å². The van der Waals surface area contributed by atoms with Gasteiger partial charge < -0.3 is 19.7 Å². The number of para-hydroxylation sites is 2. The van der Waals surface area contributed by atoms with Crippen molar-refractivity contribution in [1.82, 2.24) is 24.9 Å². The Balaban J connectivity index is 2.00. The van der Waals surface area contributed by atoms with Gasteiger partial charge in [-0.25, -0.2) is 9.48 Å². The van der Waals surface area contributed by atoms with Gasteiger partial charge in [0.15, 0.2) is 0 Å². The lowest BCUT2D eigenvalue weighted by atomic mass is 10.0. The summed E-state index contributed by atoms with van der Waals surface area (Å²) in [5.41, 5.74) is 4.09. The van der Waals surface area contributed by atoms with Crippen LogP contribution in [0.2, 0.25) is 0 Å². The van der Waals surface area contributed by atoms with Gasteiger partial charge in [-0.2, -0.15) is 5.10 Å². The number of carbonyl (C=O) groups is 1. The van der Waals surface area contributed by atoms with Gasteiger partial charge in [0.2, 0.25) is 0 Å². The van der Waals surface area contributed by atoms with E-state index in [2.05, 4.69) is 23.4 Å². The fourth-order valence-corrected chi connectivity index (χ4v) is 3.92. The number of amides is 2. The minimum atomic E-state index is -0.165. The lowest BCUT2D eigenvalue weighted by molar-refractivity contribution is 0.146. The van der Waals surface area contributed by atoms with Crippen molar-refractivity contribution in [3.63, 3.8) is 0 Å². The molecular weight excluding hydrogens is 406 g/mol. The quantitative estimate of drug-likeness (QED) is 0.545. The van der Waals surface area contributed by atoms with Gasteiger partial charge in [0, 0.05) is 51.8 Å². The molecule has 0 radical (unpaired) electrons. The molecule has 1 aromatic carbocycles. The standard InChI is InChI=1S/C24H33N5O3/c1-5-12-25-24(30)28(15-16-31-3)18-20-19-17-27(13-6-2)14-11-21(19)29(26-20)22-9-7-8-10-23(22)32-4/h5-10H,1-2,11-18H2,3-4H3,(H,25,30). The monoisotopic (exact) mass is 439 g/mol. The smallest absolute Gasteiger partial charge is 0.318 e. The molecule has 32 heavy (non-hydrogen) atoms. The number of carbonyl (C=O) groups excluding carboxylic acids is 1. The Labute approximate surface area is 190 Å². The first kappa shape index (κ1) is 23.6. The SMILES string of the molecule is C=CCNC(=O)N(CCOC)Cc1nn(-c2ccccc2OC)c2c1CN(CC=C)CC2. The Kier molecular flexibility index (Phi) is 8.47. The first-order chi connectivity index (χ1) is 15.6. The van der Waals surface area contributed by atoms with Crippen molar-refractivity contribution in [2.24, 2.45) is 0 Å². The summed E-state index contributed by atoms with van der Waals surface area (Å²) in [5.74, 6) is 0.762. The van der Waals surface area contributed by atoms with Gasteiger partial charge in [0.05, 0.1) is 31.6 Å². The van der Waals surface area contributed by atoms with E-state index in [9.17, 15) is 4.79 Å². The Bertz CT molecular complexity index is 940. The summed E-state index contributed by atoms with van der Waals surface area (Å²) < 4.78 is 12.8. The number of nitrogens with zero attached hydrogens (tertiary/aromatic N) is 4. The molecule has 3 rings (SSSR count). The fraction of sp³-hybridized carbons (Fsp3) is 0.417. The van der Waals surface area contributed by atoms with E-state index in [0.717, 1.165) is 54.4 Å². The maximum absolute atomic E-state index is 12.8. The number of hydrogen-bond acceptors (Lipinski definition) is 5. The molecular formula is C24H33N5O3. The highest BCUT2D eigenvalue weighted by Crippen LogP contribution is 2.30. The molecule has 0 bridgehead atoms. The van der Waals surface area contributed by atoms with E-state index in [1.54, 1.807) is 25.2 Å². The number of nitrogens with one attached hydrogen (secondary N) is 1. The molecule has 0 unspecified atom stereocenters. The first-order valence-electron chi connectivity index (χ1n) is 10.8. The molecule has 8 heteroatoms. The molecule has 2 amide bonds. The summed E-state index contributed by atoms with van der Waals surface area (Å²) in [6.07, 6.45) is 4.44. The molecule has 0 spiro atoms. The maximum atomic E-state index is 12.8. The largest absolute Gasteiger partial charge is 0.494 e. The van der Waals surface area contributed by atoms with E-state index in [1.165, 1.54) is 0 Å². The van der Waals surface area contributed by atoms with E-state index in [1.807, 2.05) is 35.0 Å². The minimum absolute atomic E-state index is 0.165. The number of hydrogen-bond donors (Lipinski definition) is 1. The van der Waals surface area contributed by atoms with Crippen LogP contribution in [0.15, 0.2) is 49.6 Å². The minimum Gasteiger partial charge on any atom is -0.494 e. The van der Waals surface area contributed by atoms with Crippen LogP contribution in [0, 0.1) is 0 Å². The molecule has 2 aromatic rings. The molecule has 1 aromatic heterocycles. The molecule has 0 aliphatic carbocycles. The van der Waals surface area contributed by atoms with Gasteiger partial charge in [-0.05, 0) is 12.1 Å². The van der Waals surface area contributed by atoms with Crippen LogP contribution in [0.1, 0.15) is 17.0 Å². The van der Waals surface area contributed by atoms with Crippen molar-refractivity contribution in [3.8, 4) is 11.4 Å². The highest BCUT2D eigenvalue weighted by Gasteiger charge is 2.27. The number of rotatable bonds is 11. The molecule has 1 aliphatic heterocycles. The van der Waals surface area contributed by atoms with E-state index < -0.39 is 0 Å². The van der Waals surface area contributed by atoms with Crippen molar-refractivity contribution >= 4 is 6.03 Å². The highest BCUT2D eigenvalue weighted by atomic mass is 16.5. The molecule has 1 N–H and O–H groups in total. The summed E-state index contributed by atoms with van der Waals surface area (Å²) in [5, 5.41) is 7.84. The van der Waals surface area contributed by atoms with Gasteiger partial charge in [0.1, 0.15) is 11.4 Å². The number of ether oxygens (including phenoxy) is 2. The van der Waals surface area contributed by atoms with E-state index in [0.29, 0.717) is 26.2 Å². The van der Waals surface area contributed by atoms with Crippen LogP contribution in [0.5, 0.6) is 5.75 Å². The van der Waals surface area contributed by atoms with Gasteiger partial charge in [-0.1, -0.05) is 24.3 Å². The summed E-state index contributed by atoms with van der Waals surface area (Å²) in [7, 11) is 3.29. The van der Waals surface area contributed by atoms with Crippen LogP contribution >= 0.6 is 0 Å². The number of fused-ring (bicyclic) bond motifs is 1. The van der Waals surface area contributed by atoms with E-state index in [-0.39, 0.29) is 6.03 Å². The van der Waals surface area contributed by atoms with E-state index in [4.69, 9.17) is 14.6 Å². The average molecular weight is 440 g/mol. The molecule has 8 nitrogen and oxygen atoms in total. The second-order valence-electron chi connectivity index (χ2n) is 7.62. The van der Waals surface area contributed by atoms with Crippen molar-refractivity contribution in [2.75, 3.05) is 47.0 Å².